The predicted molar refractivity (Wildman–Crippen MR) is 129 cm³/mol. The maximum Gasteiger partial charge on any atom is 0.289 e. The molecular formula is C24H31N5O5S. The van der Waals surface area contributed by atoms with Crippen LogP contribution in [0.25, 0.3) is 0 Å². The fraction of sp³-hybridized carbons (Fsp3) is 0.458. The molecule has 0 saturated carbocycles. The number of carbonyl (C=O) groups is 3. The van der Waals surface area contributed by atoms with Gasteiger partial charge in [-0.1, -0.05) is 32.0 Å². The topological polar surface area (TPSA) is 147 Å². The lowest BCUT2D eigenvalue weighted by molar-refractivity contribution is -0.140. The van der Waals surface area contributed by atoms with Gasteiger partial charge in [-0.15, -0.1) is 0 Å². The molecule has 2 aromatic rings. The average molecular weight is 502 g/mol. The van der Waals surface area contributed by atoms with Crippen LogP contribution in [-0.4, -0.2) is 54.6 Å². The molecule has 3 rings (SSSR count). The molecule has 2 bridgehead atoms. The minimum Gasteiger partial charge on any atom is -0.349 e. The third-order valence-corrected chi connectivity index (χ3v) is 7.04. The minimum absolute atomic E-state index is 0.00788. The zero-order chi connectivity index (χ0) is 25.4. The molecule has 1 aliphatic heterocycles. The number of aromatic nitrogens is 2. The highest BCUT2D eigenvalue weighted by atomic mass is 32.2. The second kappa shape index (κ2) is 12.0. The van der Waals surface area contributed by atoms with Crippen molar-refractivity contribution in [1.29, 1.82) is 0 Å². The van der Waals surface area contributed by atoms with Gasteiger partial charge >= 0.3 is 0 Å². The Morgan fingerprint density at radius 3 is 2.60 bits per heavy atom. The third-order valence-electron chi connectivity index (χ3n) is 5.55. The molecule has 0 fully saturated rings. The Morgan fingerprint density at radius 2 is 1.89 bits per heavy atom. The first-order valence-electron chi connectivity index (χ1n) is 11.7. The van der Waals surface area contributed by atoms with E-state index in [0.717, 1.165) is 5.69 Å². The minimum atomic E-state index is -3.97. The summed E-state index contributed by atoms with van der Waals surface area (Å²) in [4.78, 5) is 47.1. The lowest BCUT2D eigenvalue weighted by Gasteiger charge is -2.24. The standard InChI is InChI=1S/C24H31N5O5S/c1-16(2)15-20(29-35(33,34)18-8-4-3-5-9-18)23(31)28-19-10-6-7-17-11-13-25-21(27-17)12-14-26-24(32)22(19)30/h3-5,8-9,11,13,16,19-20,29H,6-7,10,12,14-15H2,1-2H3,(H,26,32)(H,28,31). The molecule has 0 aliphatic carbocycles. The highest BCUT2D eigenvalue weighted by Gasteiger charge is 2.32. The summed E-state index contributed by atoms with van der Waals surface area (Å²) in [5.74, 6) is -1.65. The van der Waals surface area contributed by atoms with Crippen molar-refractivity contribution >= 4 is 27.6 Å². The number of ketones is 1. The predicted octanol–water partition coefficient (Wildman–Crippen LogP) is 0.919. The van der Waals surface area contributed by atoms with Crippen LogP contribution in [-0.2, 0) is 37.2 Å². The normalized spacial score (nSPS) is 18.2. The second-order valence-electron chi connectivity index (χ2n) is 8.90. The molecule has 10 nitrogen and oxygen atoms in total. The lowest BCUT2D eigenvalue weighted by Crippen LogP contribution is -2.54. The molecule has 2 unspecified atom stereocenters. The second-order valence-corrected chi connectivity index (χ2v) is 10.6. The van der Waals surface area contributed by atoms with E-state index >= 15 is 0 Å². The zero-order valence-electron chi connectivity index (χ0n) is 19.9. The van der Waals surface area contributed by atoms with Crippen LogP contribution < -0.4 is 15.4 Å². The molecule has 1 aromatic carbocycles. The summed E-state index contributed by atoms with van der Waals surface area (Å²) in [6, 6.07) is 7.35. The molecule has 1 aromatic heterocycles. The van der Waals surface area contributed by atoms with Crippen LogP contribution in [0.4, 0.5) is 0 Å². The average Bonchev–Trinajstić information content (AvgIpc) is 2.82. The molecule has 2 heterocycles. The molecule has 11 heteroatoms. The van der Waals surface area contributed by atoms with Crippen molar-refractivity contribution in [2.75, 3.05) is 6.54 Å². The summed E-state index contributed by atoms with van der Waals surface area (Å²) in [5.41, 5.74) is 0.813. The van der Waals surface area contributed by atoms with Crippen molar-refractivity contribution in [3.05, 3.63) is 54.1 Å². The number of rotatable bonds is 7. The first kappa shape index (κ1) is 26.4. The van der Waals surface area contributed by atoms with Crippen LogP contribution in [0, 0.1) is 5.92 Å². The van der Waals surface area contributed by atoms with Gasteiger partial charge in [-0.2, -0.15) is 4.72 Å². The smallest absolute Gasteiger partial charge is 0.289 e. The highest BCUT2D eigenvalue weighted by Crippen LogP contribution is 2.14. The van der Waals surface area contributed by atoms with Gasteiger partial charge in [0.25, 0.3) is 5.91 Å². The lowest BCUT2D eigenvalue weighted by atomic mass is 10.0. The van der Waals surface area contributed by atoms with E-state index in [1.807, 2.05) is 13.8 Å². The van der Waals surface area contributed by atoms with Gasteiger partial charge in [-0.05, 0) is 49.8 Å². The van der Waals surface area contributed by atoms with E-state index in [9.17, 15) is 22.8 Å². The monoisotopic (exact) mass is 501 g/mol. The molecule has 2 amide bonds. The molecule has 35 heavy (non-hydrogen) atoms. The fourth-order valence-electron chi connectivity index (χ4n) is 3.80. The van der Waals surface area contributed by atoms with Gasteiger partial charge < -0.3 is 10.6 Å². The maximum atomic E-state index is 13.2. The van der Waals surface area contributed by atoms with Gasteiger partial charge in [-0.3, -0.25) is 14.4 Å². The number of hydrogen-bond acceptors (Lipinski definition) is 7. The number of fused-ring (bicyclic) bond motifs is 2. The molecule has 188 valence electrons. The summed E-state index contributed by atoms with van der Waals surface area (Å²) in [6.07, 6.45) is 3.50. The Balaban J connectivity index is 1.77. The maximum absolute atomic E-state index is 13.2. The molecule has 0 spiro atoms. The Kier molecular flexibility index (Phi) is 9.05. The number of sulfonamides is 1. The van der Waals surface area contributed by atoms with E-state index in [0.29, 0.717) is 25.1 Å². The number of hydrogen-bond donors (Lipinski definition) is 3. The largest absolute Gasteiger partial charge is 0.349 e. The van der Waals surface area contributed by atoms with Gasteiger partial charge in [0.2, 0.25) is 21.7 Å². The van der Waals surface area contributed by atoms with Crippen molar-refractivity contribution in [2.24, 2.45) is 5.92 Å². The van der Waals surface area contributed by atoms with E-state index < -0.39 is 39.7 Å². The quantitative estimate of drug-likeness (QED) is 0.478. The van der Waals surface area contributed by atoms with E-state index in [2.05, 4.69) is 25.3 Å². The summed E-state index contributed by atoms with van der Waals surface area (Å²) < 4.78 is 28.1. The van der Waals surface area contributed by atoms with Crippen LogP contribution in [0.1, 0.15) is 44.6 Å². The molecular weight excluding hydrogens is 470 g/mol. The van der Waals surface area contributed by atoms with Gasteiger partial charge in [0, 0.05) is 24.9 Å². The number of amides is 2. The van der Waals surface area contributed by atoms with Crippen molar-refractivity contribution in [2.45, 2.75) is 62.9 Å². The molecule has 3 N–H and O–H groups in total. The Hall–Kier alpha value is -3.18. The van der Waals surface area contributed by atoms with Crippen LogP contribution in [0.15, 0.2) is 47.5 Å². The number of nitrogens with zero attached hydrogens (tertiary/aromatic N) is 2. The zero-order valence-corrected chi connectivity index (χ0v) is 20.7. The van der Waals surface area contributed by atoms with Gasteiger partial charge in [0.05, 0.1) is 10.9 Å². The molecule has 0 radical (unpaired) electrons. The molecule has 0 saturated heterocycles. The SMILES string of the molecule is CC(C)CC(NS(=O)(=O)c1ccccc1)C(=O)NC1CCCc2ccnc(n2)CCNC(=O)C1=O. The fourth-order valence-corrected chi connectivity index (χ4v) is 5.03. The summed E-state index contributed by atoms with van der Waals surface area (Å²) in [6.45, 7) is 3.91. The summed E-state index contributed by atoms with van der Waals surface area (Å²) in [5, 5.41) is 5.18. The van der Waals surface area contributed by atoms with Gasteiger partial charge in [0.1, 0.15) is 11.9 Å². The number of nitrogens with one attached hydrogen (secondary N) is 3. The van der Waals surface area contributed by atoms with Crippen molar-refractivity contribution in [3.8, 4) is 0 Å². The van der Waals surface area contributed by atoms with Crippen LogP contribution in [0.5, 0.6) is 0 Å². The van der Waals surface area contributed by atoms with E-state index in [1.54, 1.807) is 30.5 Å². The van der Waals surface area contributed by atoms with Crippen molar-refractivity contribution < 1.29 is 22.8 Å². The van der Waals surface area contributed by atoms with E-state index in [-0.39, 0.29) is 30.2 Å². The number of benzene rings is 1. The van der Waals surface area contributed by atoms with Crippen LogP contribution in [0.3, 0.4) is 0 Å². The van der Waals surface area contributed by atoms with E-state index in [4.69, 9.17) is 0 Å². The summed E-state index contributed by atoms with van der Waals surface area (Å²) in [7, 11) is -3.97. The Morgan fingerprint density at radius 1 is 1.14 bits per heavy atom. The molecule has 1 aliphatic rings. The Labute approximate surface area is 205 Å². The van der Waals surface area contributed by atoms with Crippen LogP contribution >= 0.6 is 0 Å². The molecule has 2 atom stereocenters. The first-order valence-corrected chi connectivity index (χ1v) is 13.1. The van der Waals surface area contributed by atoms with Gasteiger partial charge in [-0.25, -0.2) is 18.4 Å². The Bertz CT molecular complexity index is 1150. The first-order chi connectivity index (χ1) is 16.7. The number of aryl methyl sites for hydroxylation is 1. The van der Waals surface area contributed by atoms with Gasteiger partial charge in [0.15, 0.2) is 0 Å². The van der Waals surface area contributed by atoms with Crippen molar-refractivity contribution in [3.63, 3.8) is 0 Å². The number of Topliss-reactive ketones (excluding diaryl/α,β-unsaturated/α-hetero) is 1. The number of carbonyl (C=O) groups excluding carboxylic acids is 3. The third kappa shape index (κ3) is 7.66. The van der Waals surface area contributed by atoms with E-state index in [1.165, 1.54) is 12.1 Å². The summed E-state index contributed by atoms with van der Waals surface area (Å²) >= 11 is 0. The van der Waals surface area contributed by atoms with Crippen LogP contribution in [0.2, 0.25) is 0 Å². The highest BCUT2D eigenvalue weighted by molar-refractivity contribution is 7.89. The van der Waals surface area contributed by atoms with Crippen molar-refractivity contribution in [1.82, 2.24) is 25.3 Å².